The highest BCUT2D eigenvalue weighted by Crippen LogP contribution is 2.50. The van der Waals surface area contributed by atoms with Crippen LogP contribution in [0.4, 0.5) is 11.4 Å². The number of thiocarbonyl (C=S) groups is 1. The Morgan fingerprint density at radius 1 is 1.09 bits per heavy atom. The quantitative estimate of drug-likeness (QED) is 0.428. The fourth-order valence-corrected chi connectivity index (χ4v) is 5.38. The molecule has 168 valence electrons. The summed E-state index contributed by atoms with van der Waals surface area (Å²) >= 11 is 18.1. The lowest BCUT2D eigenvalue weighted by atomic mass is 9.78. The molecular weight excluding hydrogens is 477 g/mol. The summed E-state index contributed by atoms with van der Waals surface area (Å²) in [6.07, 6.45) is 0. The van der Waals surface area contributed by atoms with Gasteiger partial charge in [-0.15, -0.1) is 0 Å². The molecule has 0 saturated carbocycles. The van der Waals surface area contributed by atoms with E-state index in [9.17, 15) is 4.79 Å². The second kappa shape index (κ2) is 8.20. The fraction of sp³-hybridized carbons (Fsp3) is 0.200. The topological polar surface area (TPSA) is 53.6 Å². The summed E-state index contributed by atoms with van der Waals surface area (Å²) in [4.78, 5) is 15.6. The standard InChI is InChI=1S/C25H21Cl2N3O2S/c1-14-6-11-20-19(12-14)22-21(23(31)28-17-9-7-15(26)8-10-17)25(2,32-20)30(24(33)29-22)18-5-3-4-16(27)13-18/h3-13,21-22H,1-2H3,(H,28,31)(H,29,33)/t21-,22-,25-/m1/s1. The second-order valence-corrected chi connectivity index (χ2v) is 9.67. The number of halogens is 2. The van der Waals surface area contributed by atoms with E-state index < -0.39 is 11.6 Å². The first kappa shape index (κ1) is 22.0. The molecule has 3 atom stereocenters. The van der Waals surface area contributed by atoms with Gasteiger partial charge in [-0.25, -0.2) is 0 Å². The Bertz CT molecular complexity index is 1270. The number of carbonyl (C=O) groups is 1. The zero-order chi connectivity index (χ0) is 23.3. The van der Waals surface area contributed by atoms with Crippen LogP contribution in [0.1, 0.15) is 24.1 Å². The first-order valence-corrected chi connectivity index (χ1v) is 11.6. The first-order chi connectivity index (χ1) is 15.8. The summed E-state index contributed by atoms with van der Waals surface area (Å²) in [6, 6.07) is 20.0. The predicted octanol–water partition coefficient (Wildman–Crippen LogP) is 6.10. The van der Waals surface area contributed by atoms with Crippen LogP contribution in [0.3, 0.4) is 0 Å². The van der Waals surface area contributed by atoms with E-state index in [4.69, 9.17) is 40.2 Å². The molecule has 5 rings (SSSR count). The van der Waals surface area contributed by atoms with Crippen molar-refractivity contribution >= 4 is 57.8 Å². The lowest BCUT2D eigenvalue weighted by Crippen LogP contribution is -2.72. The zero-order valence-electron chi connectivity index (χ0n) is 17.9. The molecule has 2 aliphatic rings. The lowest BCUT2D eigenvalue weighted by Gasteiger charge is -2.56. The van der Waals surface area contributed by atoms with Crippen molar-refractivity contribution < 1.29 is 9.53 Å². The molecule has 3 aromatic carbocycles. The molecule has 2 N–H and O–H groups in total. The number of fused-ring (bicyclic) bond motifs is 4. The summed E-state index contributed by atoms with van der Waals surface area (Å²) in [6.45, 7) is 3.90. The molecular formula is C25H21Cl2N3O2S. The lowest BCUT2D eigenvalue weighted by molar-refractivity contribution is -0.130. The monoisotopic (exact) mass is 497 g/mol. The number of amides is 1. The van der Waals surface area contributed by atoms with Crippen molar-refractivity contribution in [3.8, 4) is 5.75 Å². The minimum absolute atomic E-state index is 0.195. The summed E-state index contributed by atoms with van der Waals surface area (Å²) in [5, 5.41) is 8.05. The van der Waals surface area contributed by atoms with Crippen molar-refractivity contribution in [1.82, 2.24) is 5.32 Å². The van der Waals surface area contributed by atoms with Gasteiger partial charge in [-0.1, -0.05) is 47.0 Å². The maximum absolute atomic E-state index is 13.8. The van der Waals surface area contributed by atoms with E-state index in [1.807, 2.05) is 55.1 Å². The maximum Gasteiger partial charge on any atom is 0.236 e. The molecule has 0 radical (unpaired) electrons. The van der Waals surface area contributed by atoms with E-state index in [1.165, 1.54) is 0 Å². The van der Waals surface area contributed by atoms with E-state index >= 15 is 0 Å². The molecule has 0 unspecified atom stereocenters. The smallest absolute Gasteiger partial charge is 0.236 e. The number of aryl methyl sites for hydroxylation is 1. The Kier molecular flexibility index (Phi) is 5.47. The van der Waals surface area contributed by atoms with E-state index in [1.54, 1.807) is 30.3 Å². The van der Waals surface area contributed by atoms with Gasteiger partial charge in [0.2, 0.25) is 5.91 Å². The Hall–Kier alpha value is -2.80. The molecule has 3 aromatic rings. The van der Waals surface area contributed by atoms with Gasteiger partial charge in [-0.3, -0.25) is 9.69 Å². The Morgan fingerprint density at radius 3 is 2.58 bits per heavy atom. The number of nitrogens with zero attached hydrogens (tertiary/aromatic N) is 1. The van der Waals surface area contributed by atoms with Crippen LogP contribution >= 0.6 is 35.4 Å². The average molecular weight is 498 g/mol. The van der Waals surface area contributed by atoms with Crippen molar-refractivity contribution in [2.45, 2.75) is 25.6 Å². The van der Waals surface area contributed by atoms with Crippen LogP contribution in [0.5, 0.6) is 5.75 Å². The Morgan fingerprint density at radius 2 is 1.85 bits per heavy atom. The van der Waals surface area contributed by atoms with Crippen molar-refractivity contribution in [1.29, 1.82) is 0 Å². The number of nitrogens with one attached hydrogen (secondary N) is 2. The number of carbonyl (C=O) groups excluding carboxylic acids is 1. The molecule has 0 spiro atoms. The third-order valence-corrected chi connectivity index (χ3v) is 6.90. The van der Waals surface area contributed by atoms with E-state index in [2.05, 4.69) is 10.6 Å². The predicted molar refractivity (Wildman–Crippen MR) is 136 cm³/mol. The maximum atomic E-state index is 13.8. The van der Waals surface area contributed by atoms with Crippen molar-refractivity contribution in [2.75, 3.05) is 10.2 Å². The first-order valence-electron chi connectivity index (χ1n) is 10.5. The number of benzene rings is 3. The van der Waals surface area contributed by atoms with Crippen molar-refractivity contribution in [3.63, 3.8) is 0 Å². The number of hydrogen-bond acceptors (Lipinski definition) is 3. The van der Waals surface area contributed by atoms with Crippen LogP contribution < -0.4 is 20.3 Å². The molecule has 8 heteroatoms. The molecule has 5 nitrogen and oxygen atoms in total. The average Bonchev–Trinajstić information content (AvgIpc) is 2.75. The molecule has 2 heterocycles. The SMILES string of the molecule is Cc1ccc2c(c1)[C@H]1NC(=S)N(c3cccc(Cl)c3)[C@](C)(O2)[C@H]1C(=O)Nc1ccc(Cl)cc1. The van der Waals surface area contributed by atoms with Crippen LogP contribution in [-0.2, 0) is 4.79 Å². The molecule has 33 heavy (non-hydrogen) atoms. The van der Waals surface area contributed by atoms with Gasteiger partial charge in [-0.2, -0.15) is 0 Å². The van der Waals surface area contributed by atoms with Gasteiger partial charge in [0.15, 0.2) is 10.8 Å². The highest BCUT2D eigenvalue weighted by molar-refractivity contribution is 7.80. The molecule has 1 saturated heterocycles. The number of anilines is 2. The van der Waals surface area contributed by atoms with Crippen LogP contribution in [0.15, 0.2) is 66.7 Å². The van der Waals surface area contributed by atoms with Crippen LogP contribution in [0.2, 0.25) is 10.0 Å². The number of ether oxygens (including phenoxy) is 1. The van der Waals surface area contributed by atoms with Gasteiger partial charge in [0.1, 0.15) is 11.7 Å². The highest BCUT2D eigenvalue weighted by Gasteiger charge is 2.59. The van der Waals surface area contributed by atoms with Crippen LogP contribution in [-0.4, -0.2) is 16.7 Å². The number of rotatable bonds is 3. The summed E-state index contributed by atoms with van der Waals surface area (Å²) in [5.74, 6) is -0.113. The van der Waals surface area contributed by atoms with E-state index in [0.29, 0.717) is 26.6 Å². The van der Waals surface area contributed by atoms with Gasteiger partial charge in [-0.05, 0) is 74.6 Å². The number of hydrogen-bond donors (Lipinski definition) is 2. The third kappa shape index (κ3) is 3.82. The minimum atomic E-state index is -1.10. The molecule has 0 aromatic heterocycles. The largest absolute Gasteiger partial charge is 0.467 e. The summed E-state index contributed by atoms with van der Waals surface area (Å²) in [5.41, 5.74) is 2.26. The molecule has 2 aliphatic heterocycles. The van der Waals surface area contributed by atoms with Gasteiger partial charge < -0.3 is 15.4 Å². The fourth-order valence-electron chi connectivity index (χ4n) is 4.66. The van der Waals surface area contributed by atoms with Crippen LogP contribution in [0, 0.1) is 12.8 Å². The van der Waals surface area contributed by atoms with Crippen molar-refractivity contribution in [2.24, 2.45) is 5.92 Å². The zero-order valence-corrected chi connectivity index (χ0v) is 20.3. The summed E-state index contributed by atoms with van der Waals surface area (Å²) in [7, 11) is 0. The third-order valence-electron chi connectivity index (χ3n) is 6.11. The van der Waals surface area contributed by atoms with Gasteiger partial charge in [0, 0.05) is 27.0 Å². The van der Waals surface area contributed by atoms with Gasteiger partial charge in [0.05, 0.1) is 6.04 Å². The second-order valence-electron chi connectivity index (χ2n) is 8.41. The molecule has 0 aliphatic carbocycles. The molecule has 1 fully saturated rings. The van der Waals surface area contributed by atoms with E-state index in [0.717, 1.165) is 16.8 Å². The highest BCUT2D eigenvalue weighted by atomic mass is 35.5. The minimum Gasteiger partial charge on any atom is -0.467 e. The van der Waals surface area contributed by atoms with Gasteiger partial charge >= 0.3 is 0 Å². The summed E-state index contributed by atoms with van der Waals surface area (Å²) < 4.78 is 6.59. The Labute approximate surface area is 207 Å². The van der Waals surface area contributed by atoms with E-state index in [-0.39, 0.29) is 11.9 Å². The Balaban J connectivity index is 1.63. The molecule has 1 amide bonds. The van der Waals surface area contributed by atoms with Gasteiger partial charge in [0.25, 0.3) is 0 Å². The van der Waals surface area contributed by atoms with Crippen molar-refractivity contribution in [3.05, 3.63) is 87.9 Å². The normalized spacial score (nSPS) is 23.3. The van der Waals surface area contributed by atoms with Crippen LogP contribution in [0.25, 0.3) is 0 Å². The molecule has 2 bridgehead atoms.